The van der Waals surface area contributed by atoms with E-state index in [-0.39, 0.29) is 10.8 Å². The molecule has 2 atom stereocenters. The van der Waals surface area contributed by atoms with Gasteiger partial charge in [-0.3, -0.25) is 9.52 Å². The van der Waals surface area contributed by atoms with Gasteiger partial charge in [-0.2, -0.15) is 5.10 Å². The third kappa shape index (κ3) is 4.80. The number of nitrogens with zero attached hydrogens (tertiary/aromatic N) is 1. The van der Waals surface area contributed by atoms with Crippen LogP contribution in [0.2, 0.25) is 0 Å². The summed E-state index contributed by atoms with van der Waals surface area (Å²) in [6.07, 6.45) is 6.21. The number of rotatable bonds is 8. The number of amides is 1. The Morgan fingerprint density at radius 1 is 1.15 bits per heavy atom. The molecule has 2 N–H and O–H groups in total. The van der Waals surface area contributed by atoms with Crippen molar-refractivity contribution in [3.8, 4) is 5.75 Å². The van der Waals surface area contributed by atoms with Crippen molar-refractivity contribution in [2.45, 2.75) is 38.5 Å². The van der Waals surface area contributed by atoms with E-state index in [4.69, 9.17) is 4.74 Å². The van der Waals surface area contributed by atoms with Crippen LogP contribution in [-0.2, 0) is 10.0 Å². The smallest absolute Gasteiger partial charge is 0.271 e. The first kappa shape index (κ1) is 23.0. The standard InChI is InChI=1S/C25H29N3O4S/c1-4-32-21-11-13-22(14-12-21)33(30,31)28-20-9-6-17(7-10-20)24(29)27-26-16-18-5-8-19-15-23(18)25(19,2)3/h5-7,9-14,16,19,23,28H,4,8,15H2,1-3H3,(H,27,29)/b26-16-/t19-,23-/m0/s1. The van der Waals surface area contributed by atoms with Crippen LogP contribution in [0.1, 0.15) is 44.0 Å². The van der Waals surface area contributed by atoms with E-state index in [0.717, 1.165) is 12.3 Å². The molecule has 1 fully saturated rings. The number of ether oxygens (including phenoxy) is 1. The van der Waals surface area contributed by atoms with Gasteiger partial charge in [-0.15, -0.1) is 0 Å². The summed E-state index contributed by atoms with van der Waals surface area (Å²) < 4.78 is 33.1. The maximum Gasteiger partial charge on any atom is 0.271 e. The Kier molecular flexibility index (Phi) is 6.30. The van der Waals surface area contributed by atoms with Crippen LogP contribution in [-0.4, -0.2) is 27.1 Å². The number of fused-ring (bicyclic) bond motifs is 1. The van der Waals surface area contributed by atoms with Gasteiger partial charge in [0.2, 0.25) is 0 Å². The number of hydrogen-bond acceptors (Lipinski definition) is 5. The van der Waals surface area contributed by atoms with Crippen LogP contribution >= 0.6 is 0 Å². The zero-order valence-electron chi connectivity index (χ0n) is 19.0. The molecule has 174 valence electrons. The van der Waals surface area contributed by atoms with E-state index in [2.05, 4.69) is 35.2 Å². The topological polar surface area (TPSA) is 96.9 Å². The zero-order chi connectivity index (χ0) is 23.6. The van der Waals surface area contributed by atoms with Crippen molar-refractivity contribution < 1.29 is 17.9 Å². The highest BCUT2D eigenvalue weighted by Gasteiger charge is 2.50. The van der Waals surface area contributed by atoms with Gasteiger partial charge in [0.15, 0.2) is 0 Å². The summed E-state index contributed by atoms with van der Waals surface area (Å²) >= 11 is 0. The van der Waals surface area contributed by atoms with Crippen molar-refractivity contribution in [3.63, 3.8) is 0 Å². The summed E-state index contributed by atoms with van der Waals surface area (Å²) in [5.41, 5.74) is 4.79. The number of carbonyl (C=O) groups excluding carboxylic acids is 1. The number of anilines is 1. The molecule has 7 nitrogen and oxygen atoms in total. The van der Waals surface area contributed by atoms with E-state index >= 15 is 0 Å². The number of benzene rings is 2. The highest BCUT2D eigenvalue weighted by atomic mass is 32.2. The van der Waals surface area contributed by atoms with E-state index in [1.807, 2.05) is 6.92 Å². The van der Waals surface area contributed by atoms with Crippen LogP contribution < -0.4 is 14.9 Å². The fourth-order valence-corrected chi connectivity index (χ4v) is 5.62. The van der Waals surface area contributed by atoms with Crippen molar-refractivity contribution in [2.24, 2.45) is 22.4 Å². The van der Waals surface area contributed by atoms with E-state index in [0.29, 0.717) is 34.9 Å². The van der Waals surface area contributed by atoms with Crippen molar-refractivity contribution >= 4 is 27.8 Å². The minimum Gasteiger partial charge on any atom is -0.494 e. The van der Waals surface area contributed by atoms with Crippen LogP contribution in [0, 0.1) is 17.3 Å². The first-order valence-corrected chi connectivity index (χ1v) is 12.6. The summed E-state index contributed by atoms with van der Waals surface area (Å²) in [7, 11) is -3.75. The van der Waals surface area contributed by atoms with Crippen molar-refractivity contribution in [1.82, 2.24) is 5.43 Å². The second kappa shape index (κ2) is 9.02. The maximum absolute atomic E-state index is 12.6. The Bertz CT molecular complexity index is 1180. The minimum absolute atomic E-state index is 0.125. The van der Waals surface area contributed by atoms with Crippen LogP contribution in [0.5, 0.6) is 5.75 Å². The molecule has 1 saturated carbocycles. The number of allylic oxidation sites excluding steroid dienone is 2. The highest BCUT2D eigenvalue weighted by Crippen LogP contribution is 2.58. The van der Waals surface area contributed by atoms with E-state index in [9.17, 15) is 13.2 Å². The molecule has 0 heterocycles. The summed E-state index contributed by atoms with van der Waals surface area (Å²) in [5.74, 6) is 1.50. The number of hydrazone groups is 1. The molecule has 3 aliphatic rings. The summed E-state index contributed by atoms with van der Waals surface area (Å²) in [6.45, 7) is 6.94. The number of hydrogen-bond donors (Lipinski definition) is 2. The Labute approximate surface area is 195 Å². The summed E-state index contributed by atoms with van der Waals surface area (Å²) in [5, 5.41) is 4.14. The average Bonchev–Trinajstić information content (AvgIpc) is 2.80. The molecule has 0 radical (unpaired) electrons. The molecule has 8 heteroatoms. The predicted molar refractivity (Wildman–Crippen MR) is 129 cm³/mol. The van der Waals surface area contributed by atoms with Crippen molar-refractivity contribution in [1.29, 1.82) is 0 Å². The van der Waals surface area contributed by atoms with E-state index in [1.54, 1.807) is 42.6 Å². The SMILES string of the molecule is CCOc1ccc(S(=O)(=O)Nc2ccc(C(=O)N/N=C\C3=CC[C@H]4C[C@@H]3C4(C)C)cc2)cc1. The molecule has 0 spiro atoms. The third-order valence-corrected chi connectivity index (χ3v) is 8.13. The lowest BCUT2D eigenvalue weighted by Gasteiger charge is -2.55. The Morgan fingerprint density at radius 2 is 1.85 bits per heavy atom. The number of nitrogens with one attached hydrogen (secondary N) is 2. The molecule has 1 amide bonds. The van der Waals surface area contributed by atoms with E-state index in [1.165, 1.54) is 24.1 Å². The molecule has 0 saturated heterocycles. The van der Waals surface area contributed by atoms with Crippen LogP contribution in [0.4, 0.5) is 5.69 Å². The molecule has 33 heavy (non-hydrogen) atoms. The molecular formula is C25H29N3O4S. The van der Waals surface area contributed by atoms with Gasteiger partial charge in [-0.1, -0.05) is 19.9 Å². The molecule has 2 bridgehead atoms. The normalized spacial score (nSPS) is 21.1. The fraction of sp³-hybridized carbons (Fsp3) is 0.360. The van der Waals surface area contributed by atoms with Crippen molar-refractivity contribution in [3.05, 3.63) is 65.7 Å². The Morgan fingerprint density at radius 3 is 2.45 bits per heavy atom. The van der Waals surface area contributed by atoms with Gasteiger partial charge in [0, 0.05) is 11.3 Å². The largest absolute Gasteiger partial charge is 0.494 e. The average molecular weight is 468 g/mol. The quantitative estimate of drug-likeness (QED) is 0.438. The minimum atomic E-state index is -3.75. The fourth-order valence-electron chi connectivity index (χ4n) is 4.56. The number of sulfonamides is 1. The Hall–Kier alpha value is -3.13. The predicted octanol–water partition coefficient (Wildman–Crippen LogP) is 4.59. The lowest BCUT2D eigenvalue weighted by atomic mass is 9.49. The Balaban J connectivity index is 1.35. The van der Waals surface area contributed by atoms with E-state index < -0.39 is 10.0 Å². The van der Waals surface area contributed by atoms with Crippen LogP contribution in [0.3, 0.4) is 0 Å². The first-order valence-electron chi connectivity index (χ1n) is 11.1. The van der Waals surface area contributed by atoms with Gasteiger partial charge < -0.3 is 4.74 Å². The van der Waals surface area contributed by atoms with Gasteiger partial charge in [0.1, 0.15) is 5.75 Å². The number of carbonyl (C=O) groups is 1. The molecule has 0 aromatic heterocycles. The van der Waals surface area contributed by atoms with Crippen LogP contribution in [0.25, 0.3) is 0 Å². The summed E-state index contributed by atoms with van der Waals surface area (Å²) in [4.78, 5) is 12.5. The lowest BCUT2D eigenvalue weighted by molar-refractivity contribution is -0.00126. The molecule has 2 aromatic carbocycles. The maximum atomic E-state index is 12.6. The second-order valence-corrected chi connectivity index (χ2v) is 10.7. The second-order valence-electron chi connectivity index (χ2n) is 9.03. The lowest BCUT2D eigenvalue weighted by Crippen LogP contribution is -2.48. The van der Waals surface area contributed by atoms with Crippen LogP contribution in [0.15, 0.2) is 70.2 Å². The van der Waals surface area contributed by atoms with Gasteiger partial charge in [0.05, 0.1) is 17.7 Å². The molecule has 0 unspecified atom stereocenters. The van der Waals surface area contributed by atoms with Gasteiger partial charge in [-0.05, 0) is 91.1 Å². The van der Waals surface area contributed by atoms with Gasteiger partial charge in [-0.25, -0.2) is 13.8 Å². The van der Waals surface area contributed by atoms with Gasteiger partial charge in [0.25, 0.3) is 15.9 Å². The third-order valence-electron chi connectivity index (χ3n) is 6.74. The molecular weight excluding hydrogens is 438 g/mol. The molecule has 5 rings (SSSR count). The highest BCUT2D eigenvalue weighted by molar-refractivity contribution is 7.92. The molecule has 2 aromatic rings. The van der Waals surface area contributed by atoms with Crippen molar-refractivity contribution in [2.75, 3.05) is 11.3 Å². The monoisotopic (exact) mass is 467 g/mol. The summed E-state index contributed by atoms with van der Waals surface area (Å²) in [6, 6.07) is 12.4. The van der Waals surface area contributed by atoms with Gasteiger partial charge >= 0.3 is 0 Å². The zero-order valence-corrected chi connectivity index (χ0v) is 19.9. The molecule has 0 aliphatic heterocycles. The first-order chi connectivity index (χ1) is 15.7. The molecule has 3 aliphatic carbocycles.